The third kappa shape index (κ3) is 3.70. The van der Waals surface area contributed by atoms with Gasteiger partial charge in [-0.05, 0) is 61.4 Å². The second-order valence-corrected chi connectivity index (χ2v) is 5.94. The first kappa shape index (κ1) is 14.7. The van der Waals surface area contributed by atoms with E-state index in [0.29, 0.717) is 12.3 Å². The molecule has 114 valence electrons. The molecule has 0 unspecified atom stereocenters. The smallest absolute Gasteiger partial charge is 0.220 e. The van der Waals surface area contributed by atoms with Crippen LogP contribution in [0.15, 0.2) is 42.9 Å². The van der Waals surface area contributed by atoms with Crippen molar-refractivity contribution in [3.05, 3.63) is 59.7 Å². The quantitative estimate of drug-likeness (QED) is 0.891. The SMILES string of the molecule is Cc1cccnc1[C@H](NC(=O)CCc1ccncc1)C1CC1. The number of nitrogens with one attached hydrogen (secondary N) is 1. The summed E-state index contributed by atoms with van der Waals surface area (Å²) < 4.78 is 0. The first-order chi connectivity index (χ1) is 10.7. The van der Waals surface area contributed by atoms with Crippen LogP contribution in [0.5, 0.6) is 0 Å². The highest BCUT2D eigenvalue weighted by Gasteiger charge is 2.34. The fourth-order valence-corrected chi connectivity index (χ4v) is 2.72. The van der Waals surface area contributed by atoms with Gasteiger partial charge >= 0.3 is 0 Å². The monoisotopic (exact) mass is 295 g/mol. The van der Waals surface area contributed by atoms with Crippen LogP contribution in [-0.4, -0.2) is 15.9 Å². The molecule has 0 radical (unpaired) electrons. The summed E-state index contributed by atoms with van der Waals surface area (Å²) in [5, 5.41) is 3.19. The minimum absolute atomic E-state index is 0.0612. The molecule has 4 heteroatoms. The number of carbonyl (C=O) groups excluding carboxylic acids is 1. The Bertz CT molecular complexity index is 638. The normalized spacial score (nSPS) is 15.3. The molecule has 4 nitrogen and oxygen atoms in total. The molecule has 2 aromatic rings. The highest BCUT2D eigenvalue weighted by atomic mass is 16.1. The Morgan fingerprint density at radius 1 is 1.27 bits per heavy atom. The molecular formula is C18H21N3O. The molecule has 0 bridgehead atoms. The zero-order valence-corrected chi connectivity index (χ0v) is 12.8. The lowest BCUT2D eigenvalue weighted by Gasteiger charge is -2.19. The molecule has 1 aliphatic carbocycles. The van der Waals surface area contributed by atoms with Gasteiger partial charge in [0.1, 0.15) is 0 Å². The molecular weight excluding hydrogens is 274 g/mol. The van der Waals surface area contributed by atoms with Crippen LogP contribution in [0, 0.1) is 12.8 Å². The number of carbonyl (C=O) groups is 1. The van der Waals surface area contributed by atoms with E-state index in [1.54, 1.807) is 18.6 Å². The second-order valence-electron chi connectivity index (χ2n) is 5.94. The molecule has 2 heterocycles. The van der Waals surface area contributed by atoms with E-state index in [4.69, 9.17) is 0 Å². The zero-order valence-electron chi connectivity index (χ0n) is 12.8. The fraction of sp³-hybridized carbons (Fsp3) is 0.389. The minimum atomic E-state index is 0.0612. The van der Waals surface area contributed by atoms with Gasteiger partial charge in [0.2, 0.25) is 5.91 Å². The number of nitrogens with zero attached hydrogens (tertiary/aromatic N) is 2. The Morgan fingerprint density at radius 2 is 2.05 bits per heavy atom. The van der Waals surface area contributed by atoms with Crippen molar-refractivity contribution in [2.24, 2.45) is 5.92 Å². The largest absolute Gasteiger partial charge is 0.347 e. The molecule has 0 aliphatic heterocycles. The lowest BCUT2D eigenvalue weighted by molar-refractivity contribution is -0.122. The van der Waals surface area contributed by atoms with Gasteiger partial charge in [-0.2, -0.15) is 0 Å². The van der Waals surface area contributed by atoms with Crippen LogP contribution in [0.2, 0.25) is 0 Å². The number of rotatable bonds is 6. The van der Waals surface area contributed by atoms with E-state index in [-0.39, 0.29) is 11.9 Å². The average molecular weight is 295 g/mol. The zero-order chi connectivity index (χ0) is 15.4. The summed E-state index contributed by atoms with van der Waals surface area (Å²) in [4.78, 5) is 20.8. The summed E-state index contributed by atoms with van der Waals surface area (Å²) in [6.07, 6.45) is 8.92. The van der Waals surface area contributed by atoms with Gasteiger partial charge in [-0.25, -0.2) is 0 Å². The van der Waals surface area contributed by atoms with E-state index in [1.807, 2.05) is 18.2 Å². The number of aryl methyl sites for hydroxylation is 2. The van der Waals surface area contributed by atoms with Crippen molar-refractivity contribution in [2.45, 2.75) is 38.6 Å². The van der Waals surface area contributed by atoms with Crippen molar-refractivity contribution >= 4 is 5.91 Å². The summed E-state index contributed by atoms with van der Waals surface area (Å²) in [5.74, 6) is 0.636. The number of pyridine rings is 2. The topological polar surface area (TPSA) is 54.9 Å². The summed E-state index contributed by atoms with van der Waals surface area (Å²) >= 11 is 0. The maximum absolute atomic E-state index is 12.3. The molecule has 22 heavy (non-hydrogen) atoms. The molecule has 2 aromatic heterocycles. The van der Waals surface area contributed by atoms with E-state index >= 15 is 0 Å². The number of aromatic nitrogens is 2. The number of hydrogen-bond acceptors (Lipinski definition) is 3. The first-order valence-corrected chi connectivity index (χ1v) is 7.84. The van der Waals surface area contributed by atoms with Crippen LogP contribution in [0.4, 0.5) is 0 Å². The van der Waals surface area contributed by atoms with Crippen LogP contribution < -0.4 is 5.32 Å². The van der Waals surface area contributed by atoms with E-state index in [2.05, 4.69) is 28.3 Å². The maximum atomic E-state index is 12.3. The molecule has 0 aromatic carbocycles. The van der Waals surface area contributed by atoms with Crippen molar-refractivity contribution in [1.82, 2.24) is 15.3 Å². The molecule has 0 spiro atoms. The lowest BCUT2D eigenvalue weighted by atomic mass is 10.0. The Kier molecular flexibility index (Phi) is 4.47. The van der Waals surface area contributed by atoms with Crippen LogP contribution in [-0.2, 0) is 11.2 Å². The fourth-order valence-electron chi connectivity index (χ4n) is 2.72. The highest BCUT2D eigenvalue weighted by molar-refractivity contribution is 5.76. The Hall–Kier alpha value is -2.23. The van der Waals surface area contributed by atoms with Gasteiger partial charge in [0.15, 0.2) is 0 Å². The molecule has 3 rings (SSSR count). The van der Waals surface area contributed by atoms with Crippen LogP contribution in [0.25, 0.3) is 0 Å². The molecule has 1 amide bonds. The third-order valence-corrected chi connectivity index (χ3v) is 4.14. The van der Waals surface area contributed by atoms with Crippen molar-refractivity contribution in [2.75, 3.05) is 0 Å². The summed E-state index contributed by atoms with van der Waals surface area (Å²) in [5.41, 5.74) is 3.30. The Balaban J connectivity index is 1.62. The van der Waals surface area contributed by atoms with Crippen molar-refractivity contribution < 1.29 is 4.79 Å². The predicted octanol–water partition coefficient (Wildman–Crippen LogP) is 2.99. The van der Waals surface area contributed by atoms with Gasteiger partial charge in [-0.3, -0.25) is 14.8 Å². The van der Waals surface area contributed by atoms with E-state index in [1.165, 1.54) is 12.8 Å². The Labute approximate surface area is 131 Å². The summed E-state index contributed by atoms with van der Waals surface area (Å²) in [7, 11) is 0. The number of hydrogen-bond donors (Lipinski definition) is 1. The van der Waals surface area contributed by atoms with Crippen molar-refractivity contribution in [3.8, 4) is 0 Å². The number of amides is 1. The molecule has 1 N–H and O–H groups in total. The summed E-state index contributed by atoms with van der Waals surface area (Å²) in [6, 6.07) is 7.96. The van der Waals surface area contributed by atoms with Gasteiger partial charge in [0.25, 0.3) is 0 Å². The molecule has 1 atom stereocenters. The summed E-state index contributed by atoms with van der Waals surface area (Å²) in [6.45, 7) is 2.06. The van der Waals surface area contributed by atoms with Gasteiger partial charge in [-0.1, -0.05) is 6.07 Å². The second kappa shape index (κ2) is 6.69. The van der Waals surface area contributed by atoms with Crippen LogP contribution in [0.1, 0.15) is 42.1 Å². The third-order valence-electron chi connectivity index (χ3n) is 4.14. The van der Waals surface area contributed by atoms with E-state index in [0.717, 1.165) is 23.2 Å². The van der Waals surface area contributed by atoms with Crippen molar-refractivity contribution in [3.63, 3.8) is 0 Å². The van der Waals surface area contributed by atoms with E-state index < -0.39 is 0 Å². The molecule has 1 saturated carbocycles. The molecule has 0 saturated heterocycles. The van der Waals surface area contributed by atoms with Crippen LogP contribution >= 0.6 is 0 Å². The molecule has 1 fully saturated rings. The Morgan fingerprint density at radius 3 is 2.73 bits per heavy atom. The van der Waals surface area contributed by atoms with Crippen molar-refractivity contribution in [1.29, 1.82) is 0 Å². The average Bonchev–Trinajstić information content (AvgIpc) is 3.37. The standard InChI is InChI=1S/C18H21N3O/c1-13-3-2-10-20-17(13)18(15-5-6-15)21-16(22)7-4-14-8-11-19-12-9-14/h2-3,8-12,15,18H,4-7H2,1H3,(H,21,22)/t18-/m1/s1. The first-order valence-electron chi connectivity index (χ1n) is 7.84. The lowest BCUT2D eigenvalue weighted by Crippen LogP contribution is -2.31. The van der Waals surface area contributed by atoms with Gasteiger partial charge in [-0.15, -0.1) is 0 Å². The van der Waals surface area contributed by atoms with Gasteiger partial charge in [0, 0.05) is 25.0 Å². The van der Waals surface area contributed by atoms with E-state index in [9.17, 15) is 4.79 Å². The van der Waals surface area contributed by atoms with Crippen LogP contribution in [0.3, 0.4) is 0 Å². The molecule has 1 aliphatic rings. The maximum Gasteiger partial charge on any atom is 0.220 e. The van der Waals surface area contributed by atoms with Gasteiger partial charge < -0.3 is 5.32 Å². The predicted molar refractivity (Wildman–Crippen MR) is 85.1 cm³/mol. The minimum Gasteiger partial charge on any atom is -0.347 e. The highest BCUT2D eigenvalue weighted by Crippen LogP contribution is 2.41. The van der Waals surface area contributed by atoms with Gasteiger partial charge in [0.05, 0.1) is 11.7 Å².